The van der Waals surface area contributed by atoms with Crippen LogP contribution in [-0.2, 0) is 0 Å². The van der Waals surface area contributed by atoms with Crippen molar-refractivity contribution in [1.82, 2.24) is 4.98 Å². The molecule has 0 fully saturated rings. The van der Waals surface area contributed by atoms with Crippen molar-refractivity contribution < 1.29 is 0 Å². The average Bonchev–Trinajstić information content (AvgIpc) is 2.19. The van der Waals surface area contributed by atoms with Gasteiger partial charge in [-0.1, -0.05) is 23.7 Å². The molecule has 0 aliphatic heterocycles. The second-order valence-corrected chi connectivity index (χ2v) is 3.51. The number of nitrogens with two attached hydrogens (primary N) is 1. The maximum absolute atomic E-state index is 6.03. The maximum atomic E-state index is 6.03. The Balaban J connectivity index is 2.83. The minimum absolute atomic E-state index is 0.628. The van der Waals surface area contributed by atoms with Crippen LogP contribution in [0.5, 0.6) is 0 Å². The minimum atomic E-state index is 0.628. The number of nitrogen functional groups attached to an aromatic ring is 1. The van der Waals surface area contributed by atoms with Gasteiger partial charge in [-0.05, 0) is 24.6 Å². The van der Waals surface area contributed by atoms with Crippen LogP contribution in [0, 0.1) is 6.92 Å². The van der Waals surface area contributed by atoms with E-state index in [2.05, 4.69) is 10.4 Å². The molecule has 0 aliphatic rings. The van der Waals surface area contributed by atoms with Gasteiger partial charge in [0, 0.05) is 5.39 Å². The molecule has 0 bridgehead atoms. The zero-order valence-corrected chi connectivity index (χ0v) is 8.47. The second kappa shape index (κ2) is 3.44. The molecule has 0 saturated carbocycles. The van der Waals surface area contributed by atoms with E-state index in [1.165, 1.54) is 0 Å². The number of nitrogens with zero attached hydrogens (tertiary/aromatic N) is 1. The molecule has 72 valence electrons. The summed E-state index contributed by atoms with van der Waals surface area (Å²) in [4.78, 5) is 4.29. The molecule has 2 rings (SSSR count). The Morgan fingerprint density at radius 3 is 2.93 bits per heavy atom. The second-order valence-electron chi connectivity index (χ2n) is 3.10. The number of anilines is 1. The zero-order valence-electron chi connectivity index (χ0n) is 7.71. The number of hydrogen-bond donors (Lipinski definition) is 2. The first-order valence-electron chi connectivity index (χ1n) is 4.25. The number of hydrogen-bond acceptors (Lipinski definition) is 3. The van der Waals surface area contributed by atoms with E-state index >= 15 is 0 Å². The van der Waals surface area contributed by atoms with Crippen molar-refractivity contribution >= 4 is 28.3 Å². The van der Waals surface area contributed by atoms with Crippen molar-refractivity contribution in [3.63, 3.8) is 0 Å². The lowest BCUT2D eigenvalue weighted by Crippen LogP contribution is -2.08. The van der Waals surface area contributed by atoms with Crippen LogP contribution < -0.4 is 11.3 Å². The first kappa shape index (κ1) is 9.24. The van der Waals surface area contributed by atoms with Crippen LogP contribution in [0.2, 0.25) is 5.02 Å². The molecule has 2 aromatic rings. The van der Waals surface area contributed by atoms with Crippen molar-refractivity contribution in [2.75, 3.05) is 5.43 Å². The van der Waals surface area contributed by atoms with E-state index in [0.29, 0.717) is 10.8 Å². The van der Waals surface area contributed by atoms with Gasteiger partial charge < -0.3 is 5.43 Å². The molecule has 1 heterocycles. The molecule has 3 nitrogen and oxygen atoms in total. The number of hydrazine groups is 1. The van der Waals surface area contributed by atoms with E-state index in [1.807, 2.05) is 31.2 Å². The van der Waals surface area contributed by atoms with Gasteiger partial charge in [0.2, 0.25) is 0 Å². The van der Waals surface area contributed by atoms with Crippen LogP contribution in [0.25, 0.3) is 10.9 Å². The summed E-state index contributed by atoms with van der Waals surface area (Å²) < 4.78 is 0. The average molecular weight is 208 g/mol. The number of nitrogens with one attached hydrogen (secondary N) is 1. The summed E-state index contributed by atoms with van der Waals surface area (Å²) in [5, 5.41) is 1.69. The normalized spacial score (nSPS) is 10.5. The Morgan fingerprint density at radius 2 is 2.21 bits per heavy atom. The lowest BCUT2D eigenvalue weighted by molar-refractivity contribution is 1.25. The summed E-state index contributed by atoms with van der Waals surface area (Å²) in [6.07, 6.45) is 0. The number of aryl methyl sites for hydroxylation is 1. The van der Waals surface area contributed by atoms with E-state index in [-0.39, 0.29) is 0 Å². The molecule has 0 atom stereocenters. The Morgan fingerprint density at radius 1 is 1.43 bits per heavy atom. The van der Waals surface area contributed by atoms with Crippen LogP contribution in [0.3, 0.4) is 0 Å². The Bertz CT molecular complexity index is 482. The third kappa shape index (κ3) is 1.41. The molecule has 3 N–H and O–H groups in total. The number of benzene rings is 1. The van der Waals surface area contributed by atoms with E-state index in [0.717, 1.165) is 16.5 Å². The molecule has 14 heavy (non-hydrogen) atoms. The fraction of sp³-hybridized carbons (Fsp3) is 0.100. The van der Waals surface area contributed by atoms with E-state index in [4.69, 9.17) is 17.4 Å². The lowest BCUT2D eigenvalue weighted by Gasteiger charge is -2.06. The highest BCUT2D eigenvalue weighted by Gasteiger charge is 2.04. The zero-order chi connectivity index (χ0) is 10.1. The molecule has 0 spiro atoms. The highest BCUT2D eigenvalue weighted by Crippen LogP contribution is 2.25. The molecule has 1 aromatic carbocycles. The topological polar surface area (TPSA) is 50.9 Å². The van der Waals surface area contributed by atoms with Gasteiger partial charge in [-0.3, -0.25) is 0 Å². The molecule has 0 unspecified atom stereocenters. The maximum Gasteiger partial charge on any atom is 0.140 e. The van der Waals surface area contributed by atoms with Crippen LogP contribution in [0.1, 0.15) is 5.56 Å². The van der Waals surface area contributed by atoms with E-state index < -0.39 is 0 Å². The lowest BCUT2D eigenvalue weighted by atomic mass is 10.1. The van der Waals surface area contributed by atoms with Gasteiger partial charge in [-0.25, -0.2) is 10.8 Å². The molecule has 0 amide bonds. The van der Waals surface area contributed by atoms with Crippen molar-refractivity contribution in [3.05, 3.63) is 34.9 Å². The minimum Gasteiger partial charge on any atom is -0.308 e. The number of para-hydroxylation sites is 1. The number of rotatable bonds is 1. The standard InChI is InChI=1S/C10H10ClN3/c1-6-5-9(14-12)13-10-7(6)3-2-4-8(10)11/h2-5H,12H2,1H3,(H,13,14). The summed E-state index contributed by atoms with van der Waals surface area (Å²) in [6.45, 7) is 2.00. The number of aromatic nitrogens is 1. The molecule has 0 aliphatic carbocycles. The Kier molecular flexibility index (Phi) is 2.27. The summed E-state index contributed by atoms with van der Waals surface area (Å²) in [5.74, 6) is 5.93. The van der Waals surface area contributed by atoms with Crippen LogP contribution in [0.15, 0.2) is 24.3 Å². The molecular formula is C10H10ClN3. The smallest absolute Gasteiger partial charge is 0.140 e. The Hall–Kier alpha value is -1.32. The van der Waals surface area contributed by atoms with Crippen molar-refractivity contribution in [1.29, 1.82) is 0 Å². The van der Waals surface area contributed by atoms with Crippen molar-refractivity contribution in [2.45, 2.75) is 6.92 Å². The van der Waals surface area contributed by atoms with E-state index in [9.17, 15) is 0 Å². The molecular weight excluding hydrogens is 198 g/mol. The predicted molar refractivity (Wildman–Crippen MR) is 59.3 cm³/mol. The summed E-state index contributed by atoms with van der Waals surface area (Å²) in [6, 6.07) is 7.61. The fourth-order valence-corrected chi connectivity index (χ4v) is 1.67. The molecule has 0 saturated heterocycles. The molecule has 0 radical (unpaired) electrons. The van der Waals surface area contributed by atoms with Crippen LogP contribution >= 0.6 is 11.6 Å². The number of halogens is 1. The van der Waals surface area contributed by atoms with Crippen LogP contribution in [-0.4, -0.2) is 4.98 Å². The molecule has 4 heteroatoms. The van der Waals surface area contributed by atoms with Crippen molar-refractivity contribution in [3.8, 4) is 0 Å². The molecule has 1 aromatic heterocycles. The highest BCUT2D eigenvalue weighted by molar-refractivity contribution is 6.35. The fourth-order valence-electron chi connectivity index (χ4n) is 1.46. The Labute approximate surface area is 86.9 Å². The van der Waals surface area contributed by atoms with Gasteiger partial charge in [-0.15, -0.1) is 0 Å². The summed E-state index contributed by atoms with van der Waals surface area (Å²) in [5.41, 5.74) is 4.40. The number of fused-ring (bicyclic) bond motifs is 1. The third-order valence-corrected chi connectivity index (χ3v) is 2.45. The van der Waals surface area contributed by atoms with Crippen LogP contribution in [0.4, 0.5) is 5.82 Å². The monoisotopic (exact) mass is 207 g/mol. The first-order chi connectivity index (χ1) is 6.72. The third-order valence-electron chi connectivity index (χ3n) is 2.14. The quantitative estimate of drug-likeness (QED) is 0.558. The first-order valence-corrected chi connectivity index (χ1v) is 4.62. The van der Waals surface area contributed by atoms with Gasteiger partial charge in [0.1, 0.15) is 5.82 Å². The van der Waals surface area contributed by atoms with Crippen molar-refractivity contribution in [2.24, 2.45) is 5.84 Å². The van der Waals surface area contributed by atoms with Gasteiger partial charge in [-0.2, -0.15) is 0 Å². The van der Waals surface area contributed by atoms with Gasteiger partial charge >= 0.3 is 0 Å². The number of pyridine rings is 1. The van der Waals surface area contributed by atoms with Gasteiger partial charge in [0.05, 0.1) is 10.5 Å². The van der Waals surface area contributed by atoms with Gasteiger partial charge in [0.25, 0.3) is 0 Å². The predicted octanol–water partition coefficient (Wildman–Crippen LogP) is 2.48. The largest absolute Gasteiger partial charge is 0.308 e. The SMILES string of the molecule is Cc1cc(NN)nc2c(Cl)cccc12. The summed E-state index contributed by atoms with van der Waals surface area (Å²) in [7, 11) is 0. The highest BCUT2D eigenvalue weighted by atomic mass is 35.5. The van der Waals surface area contributed by atoms with Gasteiger partial charge in [0.15, 0.2) is 0 Å². The van der Waals surface area contributed by atoms with E-state index in [1.54, 1.807) is 0 Å². The summed E-state index contributed by atoms with van der Waals surface area (Å²) >= 11 is 6.03.